The van der Waals surface area contributed by atoms with Gasteiger partial charge in [-0.25, -0.2) is 9.97 Å². The minimum atomic E-state index is 0.712. The van der Waals surface area contributed by atoms with Crippen LogP contribution in [0.15, 0.2) is 210 Å². The summed E-state index contributed by atoms with van der Waals surface area (Å²) in [6.07, 6.45) is 0. The van der Waals surface area contributed by atoms with Gasteiger partial charge in [0.05, 0.1) is 22.6 Å². The molecule has 0 atom stereocenters. The molecule has 2 heterocycles. The van der Waals surface area contributed by atoms with E-state index in [-0.39, 0.29) is 0 Å². The monoisotopic (exact) mass is 731 g/mol. The molecule has 56 heavy (non-hydrogen) atoms. The largest absolute Gasteiger partial charge is 0.308 e. The average molecular weight is 732 g/mol. The molecular weight excluding hydrogens is 699 g/mol. The van der Waals surface area contributed by atoms with Crippen molar-refractivity contribution in [2.75, 3.05) is 4.90 Å². The molecule has 262 valence electrons. The second-order valence-corrected chi connectivity index (χ2v) is 15.3. The molecule has 0 amide bonds. The molecule has 0 bridgehead atoms. The summed E-state index contributed by atoms with van der Waals surface area (Å²) < 4.78 is 0. The van der Waals surface area contributed by atoms with Gasteiger partial charge in [-0.15, -0.1) is 0 Å². The Morgan fingerprint density at radius 2 is 0.982 bits per heavy atom. The lowest BCUT2D eigenvalue weighted by Crippen LogP contribution is -2.14. The molecule has 0 saturated carbocycles. The summed E-state index contributed by atoms with van der Waals surface area (Å²) in [5.74, 6) is 0.712. The molecule has 11 rings (SSSR count). The van der Waals surface area contributed by atoms with Crippen LogP contribution in [0, 0.1) is 0 Å². The van der Waals surface area contributed by atoms with Gasteiger partial charge in [0.25, 0.3) is 0 Å². The highest BCUT2D eigenvalue weighted by atomic mass is 32.2. The molecule has 0 N–H and O–H groups in total. The van der Waals surface area contributed by atoms with E-state index in [1.54, 1.807) is 11.8 Å². The number of rotatable bonds is 5. The SMILES string of the molecule is c1ccc(-c2ccc(N3c4ccccc4Sc4cc(-c5nc(-c6ccc(-c7cc8ccccc8c8ccccc78)cc6)c6ccccc6n5)ccc43)cc2)cc1. The number of benzene rings is 9. The van der Waals surface area contributed by atoms with Crippen LogP contribution in [0.25, 0.3) is 77.3 Å². The van der Waals surface area contributed by atoms with Crippen LogP contribution in [-0.2, 0) is 0 Å². The van der Waals surface area contributed by atoms with Gasteiger partial charge in [-0.2, -0.15) is 0 Å². The first-order chi connectivity index (χ1) is 27.7. The first-order valence-electron chi connectivity index (χ1n) is 18.9. The quantitative estimate of drug-likeness (QED) is 0.165. The highest BCUT2D eigenvalue weighted by molar-refractivity contribution is 7.99. The minimum absolute atomic E-state index is 0.712. The summed E-state index contributed by atoms with van der Waals surface area (Å²) in [6, 6.07) is 71.6. The van der Waals surface area contributed by atoms with E-state index in [0.29, 0.717) is 5.82 Å². The van der Waals surface area contributed by atoms with E-state index in [4.69, 9.17) is 9.97 Å². The molecule has 10 aromatic rings. The third kappa shape index (κ3) is 5.54. The summed E-state index contributed by atoms with van der Waals surface area (Å²) in [5.41, 5.74) is 12.2. The van der Waals surface area contributed by atoms with Crippen LogP contribution in [0.4, 0.5) is 17.1 Å². The van der Waals surface area contributed by atoms with Gasteiger partial charge >= 0.3 is 0 Å². The van der Waals surface area contributed by atoms with Crippen molar-refractivity contribution in [3.63, 3.8) is 0 Å². The van der Waals surface area contributed by atoms with Gasteiger partial charge in [-0.05, 0) is 98.4 Å². The Labute approximate surface area is 329 Å². The van der Waals surface area contributed by atoms with E-state index in [1.165, 1.54) is 59.3 Å². The standard InChI is InChI=1S/C52H33N3S/c1-2-12-34(13-3-1)35-26-29-40(30-27-35)55-47-20-10-11-21-49(47)56-50-33-39(28-31-48(50)55)52-53-46-19-9-8-18-44(46)51(54-52)37-24-22-36(23-25-37)45-32-38-14-4-5-15-41(38)42-16-6-7-17-43(42)45/h1-33H. The number of aromatic nitrogens is 2. The smallest absolute Gasteiger partial charge is 0.160 e. The number of hydrogen-bond donors (Lipinski definition) is 0. The molecular formula is C52H33N3S. The lowest BCUT2D eigenvalue weighted by Gasteiger charge is -2.33. The van der Waals surface area contributed by atoms with Crippen LogP contribution in [0.3, 0.4) is 0 Å². The van der Waals surface area contributed by atoms with Gasteiger partial charge in [-0.3, -0.25) is 0 Å². The predicted molar refractivity (Wildman–Crippen MR) is 235 cm³/mol. The Hall–Kier alpha value is -7.01. The van der Waals surface area contributed by atoms with E-state index >= 15 is 0 Å². The number of hydrogen-bond acceptors (Lipinski definition) is 4. The first kappa shape index (κ1) is 32.4. The highest BCUT2D eigenvalue weighted by Crippen LogP contribution is 2.52. The van der Waals surface area contributed by atoms with Crippen molar-refractivity contribution >= 4 is 61.3 Å². The molecule has 4 heteroatoms. The minimum Gasteiger partial charge on any atom is -0.308 e. The third-order valence-corrected chi connectivity index (χ3v) is 12.0. The third-order valence-electron chi connectivity index (χ3n) is 10.9. The number of nitrogens with zero attached hydrogens (tertiary/aromatic N) is 3. The maximum Gasteiger partial charge on any atom is 0.160 e. The predicted octanol–water partition coefficient (Wildman–Crippen LogP) is 14.5. The fourth-order valence-corrected chi connectivity index (χ4v) is 9.23. The summed E-state index contributed by atoms with van der Waals surface area (Å²) in [7, 11) is 0. The Kier molecular flexibility index (Phi) is 7.75. The van der Waals surface area contributed by atoms with E-state index in [0.717, 1.165) is 39.1 Å². The molecule has 0 radical (unpaired) electrons. The zero-order valence-corrected chi connectivity index (χ0v) is 31.1. The second kappa shape index (κ2) is 13.4. The van der Waals surface area contributed by atoms with Crippen LogP contribution in [0.2, 0.25) is 0 Å². The highest BCUT2D eigenvalue weighted by Gasteiger charge is 2.26. The molecule has 1 aliphatic heterocycles. The molecule has 9 aromatic carbocycles. The zero-order valence-electron chi connectivity index (χ0n) is 30.3. The molecule has 0 saturated heterocycles. The van der Waals surface area contributed by atoms with E-state index in [2.05, 4.69) is 205 Å². The van der Waals surface area contributed by atoms with E-state index in [9.17, 15) is 0 Å². The van der Waals surface area contributed by atoms with Crippen molar-refractivity contribution in [3.05, 3.63) is 200 Å². The molecule has 3 nitrogen and oxygen atoms in total. The molecule has 0 aliphatic carbocycles. The maximum absolute atomic E-state index is 5.31. The van der Waals surface area contributed by atoms with E-state index in [1.807, 2.05) is 0 Å². The maximum atomic E-state index is 5.31. The molecule has 0 unspecified atom stereocenters. The first-order valence-corrected chi connectivity index (χ1v) is 19.7. The van der Waals surface area contributed by atoms with Crippen molar-refractivity contribution in [3.8, 4) is 44.9 Å². The van der Waals surface area contributed by atoms with Gasteiger partial charge in [0.1, 0.15) is 0 Å². The lowest BCUT2D eigenvalue weighted by atomic mass is 9.92. The van der Waals surface area contributed by atoms with Crippen LogP contribution in [0.5, 0.6) is 0 Å². The number of para-hydroxylation sites is 2. The van der Waals surface area contributed by atoms with Gasteiger partial charge < -0.3 is 4.90 Å². The van der Waals surface area contributed by atoms with Gasteiger partial charge in [0.2, 0.25) is 0 Å². The topological polar surface area (TPSA) is 29.0 Å². The molecule has 1 aromatic heterocycles. The van der Waals surface area contributed by atoms with Crippen molar-refractivity contribution in [1.29, 1.82) is 0 Å². The lowest BCUT2D eigenvalue weighted by molar-refractivity contribution is 1.16. The molecule has 0 fully saturated rings. The number of fused-ring (bicyclic) bond motifs is 6. The summed E-state index contributed by atoms with van der Waals surface area (Å²) in [5, 5.41) is 6.08. The Morgan fingerprint density at radius 1 is 0.375 bits per heavy atom. The number of anilines is 3. The normalized spacial score (nSPS) is 12.2. The summed E-state index contributed by atoms with van der Waals surface area (Å²) in [6.45, 7) is 0. The van der Waals surface area contributed by atoms with Crippen LogP contribution in [0.1, 0.15) is 0 Å². The Balaban J connectivity index is 0.987. The second-order valence-electron chi connectivity index (χ2n) is 14.2. The van der Waals surface area contributed by atoms with Gasteiger partial charge in [0.15, 0.2) is 5.82 Å². The summed E-state index contributed by atoms with van der Waals surface area (Å²) in [4.78, 5) is 15.2. The Bertz CT molecular complexity index is 3100. The fraction of sp³-hybridized carbons (Fsp3) is 0. The van der Waals surface area contributed by atoms with Crippen molar-refractivity contribution < 1.29 is 0 Å². The van der Waals surface area contributed by atoms with Gasteiger partial charge in [-0.1, -0.05) is 157 Å². The van der Waals surface area contributed by atoms with Crippen molar-refractivity contribution in [1.82, 2.24) is 9.97 Å². The van der Waals surface area contributed by atoms with Crippen molar-refractivity contribution in [2.24, 2.45) is 0 Å². The van der Waals surface area contributed by atoms with Crippen LogP contribution < -0.4 is 4.90 Å². The summed E-state index contributed by atoms with van der Waals surface area (Å²) >= 11 is 1.80. The molecule has 0 spiro atoms. The van der Waals surface area contributed by atoms with E-state index < -0.39 is 0 Å². The van der Waals surface area contributed by atoms with Crippen molar-refractivity contribution in [2.45, 2.75) is 9.79 Å². The van der Waals surface area contributed by atoms with Crippen LogP contribution in [-0.4, -0.2) is 9.97 Å². The Morgan fingerprint density at radius 3 is 1.82 bits per heavy atom. The average Bonchev–Trinajstić information content (AvgIpc) is 3.28. The molecule has 1 aliphatic rings. The van der Waals surface area contributed by atoms with Gasteiger partial charge in [0, 0.05) is 32.0 Å². The fourth-order valence-electron chi connectivity index (χ4n) is 8.13. The van der Waals surface area contributed by atoms with Crippen LogP contribution >= 0.6 is 11.8 Å². The zero-order chi connectivity index (χ0) is 37.0.